The molecule has 0 aliphatic heterocycles. The average molecular weight is 320 g/mol. The van der Waals surface area contributed by atoms with Gasteiger partial charge in [0.05, 0.1) is 18.5 Å². The van der Waals surface area contributed by atoms with Gasteiger partial charge in [0.2, 0.25) is 5.95 Å². The minimum Gasteiger partial charge on any atom is -0.495 e. The Morgan fingerprint density at radius 3 is 2.46 bits per heavy atom. The molecular weight excluding hydrogens is 300 g/mol. The van der Waals surface area contributed by atoms with Crippen LogP contribution in [0.25, 0.3) is 11.3 Å². The molecule has 122 valence electrons. The number of hydrogen-bond donors (Lipinski definition) is 2. The lowest BCUT2D eigenvalue weighted by atomic mass is 10.1. The van der Waals surface area contributed by atoms with Crippen LogP contribution in [0, 0.1) is 0 Å². The number of methoxy groups -OCH3 is 1. The number of anilines is 3. The van der Waals surface area contributed by atoms with Crippen molar-refractivity contribution < 1.29 is 4.74 Å². The zero-order valence-corrected chi connectivity index (χ0v) is 13.8. The van der Waals surface area contributed by atoms with Crippen LogP contribution in [0.4, 0.5) is 17.5 Å². The summed E-state index contributed by atoms with van der Waals surface area (Å²) < 4.78 is 5.39. The van der Waals surface area contributed by atoms with Gasteiger partial charge in [-0.2, -0.15) is 4.98 Å². The summed E-state index contributed by atoms with van der Waals surface area (Å²) in [5, 5.41) is 6.50. The highest BCUT2D eigenvalue weighted by atomic mass is 16.5. The van der Waals surface area contributed by atoms with Gasteiger partial charge in [0, 0.05) is 18.2 Å². The highest BCUT2D eigenvalue weighted by Gasteiger charge is 2.08. The predicted molar refractivity (Wildman–Crippen MR) is 97.9 cm³/mol. The number of benzene rings is 2. The molecule has 0 atom stereocenters. The van der Waals surface area contributed by atoms with Crippen molar-refractivity contribution in [2.75, 3.05) is 24.3 Å². The molecule has 0 amide bonds. The maximum atomic E-state index is 5.39. The molecule has 0 spiro atoms. The van der Waals surface area contributed by atoms with E-state index in [4.69, 9.17) is 4.74 Å². The van der Waals surface area contributed by atoms with Crippen LogP contribution in [-0.4, -0.2) is 23.6 Å². The van der Waals surface area contributed by atoms with E-state index >= 15 is 0 Å². The maximum absolute atomic E-state index is 5.39. The fraction of sp³-hybridized carbons (Fsp3) is 0.158. The van der Waals surface area contributed by atoms with E-state index in [0.717, 1.165) is 29.2 Å². The molecule has 0 saturated heterocycles. The third-order valence-corrected chi connectivity index (χ3v) is 3.50. The second-order valence-corrected chi connectivity index (χ2v) is 5.18. The standard InChI is InChI=1S/C19H20N4O/c1-3-20-19-22-16(14-9-5-4-6-10-14)13-18(23-19)21-15-11-7-8-12-17(15)24-2/h4-13H,3H2,1-2H3,(H2,20,21,22,23). The summed E-state index contributed by atoms with van der Waals surface area (Å²) in [4.78, 5) is 9.11. The van der Waals surface area contributed by atoms with Gasteiger partial charge >= 0.3 is 0 Å². The van der Waals surface area contributed by atoms with Crippen LogP contribution in [0.3, 0.4) is 0 Å². The number of rotatable bonds is 6. The molecule has 1 aromatic heterocycles. The van der Waals surface area contributed by atoms with Crippen molar-refractivity contribution in [2.24, 2.45) is 0 Å². The van der Waals surface area contributed by atoms with Crippen molar-refractivity contribution in [2.45, 2.75) is 6.92 Å². The van der Waals surface area contributed by atoms with E-state index in [0.29, 0.717) is 11.8 Å². The Balaban J connectivity index is 1.99. The number of nitrogens with one attached hydrogen (secondary N) is 2. The van der Waals surface area contributed by atoms with Gasteiger partial charge in [-0.3, -0.25) is 0 Å². The van der Waals surface area contributed by atoms with Crippen LogP contribution >= 0.6 is 0 Å². The Bertz CT molecular complexity index is 805. The summed E-state index contributed by atoms with van der Waals surface area (Å²) in [6.45, 7) is 2.78. The second kappa shape index (κ2) is 7.46. The summed E-state index contributed by atoms with van der Waals surface area (Å²) in [6, 6.07) is 19.7. The Morgan fingerprint density at radius 1 is 0.958 bits per heavy atom. The Morgan fingerprint density at radius 2 is 1.71 bits per heavy atom. The Kier molecular flexibility index (Phi) is 4.91. The van der Waals surface area contributed by atoms with E-state index in [9.17, 15) is 0 Å². The van der Waals surface area contributed by atoms with Crippen molar-refractivity contribution in [3.05, 3.63) is 60.7 Å². The average Bonchev–Trinajstić information content (AvgIpc) is 2.63. The smallest absolute Gasteiger partial charge is 0.225 e. The molecule has 0 aliphatic rings. The maximum Gasteiger partial charge on any atom is 0.225 e. The summed E-state index contributed by atoms with van der Waals surface area (Å²) >= 11 is 0. The molecular formula is C19H20N4O. The second-order valence-electron chi connectivity index (χ2n) is 5.18. The summed E-state index contributed by atoms with van der Waals surface area (Å²) in [6.07, 6.45) is 0. The quantitative estimate of drug-likeness (QED) is 0.708. The molecule has 2 N–H and O–H groups in total. The van der Waals surface area contributed by atoms with E-state index in [-0.39, 0.29) is 0 Å². The van der Waals surface area contributed by atoms with Gasteiger partial charge in [0.15, 0.2) is 0 Å². The lowest BCUT2D eigenvalue weighted by molar-refractivity contribution is 0.417. The van der Waals surface area contributed by atoms with Gasteiger partial charge in [0.25, 0.3) is 0 Å². The van der Waals surface area contributed by atoms with E-state index in [1.807, 2.05) is 67.6 Å². The molecule has 24 heavy (non-hydrogen) atoms. The summed E-state index contributed by atoms with van der Waals surface area (Å²) in [5.41, 5.74) is 2.77. The molecule has 0 fully saturated rings. The Hall–Kier alpha value is -3.08. The van der Waals surface area contributed by atoms with Crippen molar-refractivity contribution in [1.29, 1.82) is 0 Å². The monoisotopic (exact) mass is 320 g/mol. The highest BCUT2D eigenvalue weighted by Crippen LogP contribution is 2.28. The first-order valence-electron chi connectivity index (χ1n) is 7.88. The SMILES string of the molecule is CCNc1nc(Nc2ccccc2OC)cc(-c2ccccc2)n1. The molecule has 0 aliphatic carbocycles. The number of nitrogens with zero attached hydrogens (tertiary/aromatic N) is 2. The molecule has 3 aromatic rings. The van der Waals surface area contributed by atoms with Gasteiger partial charge in [-0.15, -0.1) is 0 Å². The lowest BCUT2D eigenvalue weighted by Gasteiger charge is -2.13. The fourth-order valence-electron chi connectivity index (χ4n) is 2.39. The van der Waals surface area contributed by atoms with Gasteiger partial charge in [-0.1, -0.05) is 42.5 Å². The fourth-order valence-corrected chi connectivity index (χ4v) is 2.39. The number of aromatic nitrogens is 2. The first kappa shape index (κ1) is 15.8. The van der Waals surface area contributed by atoms with E-state index < -0.39 is 0 Å². The summed E-state index contributed by atoms with van der Waals surface area (Å²) in [5.74, 6) is 2.07. The van der Waals surface area contributed by atoms with Gasteiger partial charge in [-0.05, 0) is 19.1 Å². The topological polar surface area (TPSA) is 59.1 Å². The van der Waals surface area contributed by atoms with Crippen LogP contribution in [0.15, 0.2) is 60.7 Å². The number of para-hydroxylation sites is 2. The minimum atomic E-state index is 0.594. The van der Waals surface area contributed by atoms with Crippen LogP contribution in [0.2, 0.25) is 0 Å². The third-order valence-electron chi connectivity index (χ3n) is 3.50. The van der Waals surface area contributed by atoms with Crippen LogP contribution in [-0.2, 0) is 0 Å². The molecule has 0 saturated carbocycles. The van der Waals surface area contributed by atoms with Crippen LogP contribution in [0.5, 0.6) is 5.75 Å². The number of ether oxygens (including phenoxy) is 1. The van der Waals surface area contributed by atoms with Crippen molar-refractivity contribution in [3.8, 4) is 17.0 Å². The Labute approximate surface area is 141 Å². The van der Waals surface area contributed by atoms with Crippen molar-refractivity contribution in [3.63, 3.8) is 0 Å². The van der Waals surface area contributed by atoms with Gasteiger partial charge in [0.1, 0.15) is 11.6 Å². The molecule has 3 rings (SSSR count). The van der Waals surface area contributed by atoms with Crippen LogP contribution in [0.1, 0.15) is 6.92 Å². The highest BCUT2D eigenvalue weighted by molar-refractivity contribution is 5.69. The molecule has 5 heteroatoms. The first-order chi connectivity index (χ1) is 11.8. The lowest BCUT2D eigenvalue weighted by Crippen LogP contribution is -2.05. The van der Waals surface area contributed by atoms with Gasteiger partial charge in [-0.25, -0.2) is 4.98 Å². The summed E-state index contributed by atoms with van der Waals surface area (Å²) in [7, 11) is 1.65. The zero-order valence-electron chi connectivity index (χ0n) is 13.8. The molecule has 0 radical (unpaired) electrons. The predicted octanol–water partition coefficient (Wildman–Crippen LogP) is 4.33. The van der Waals surface area contributed by atoms with Crippen molar-refractivity contribution in [1.82, 2.24) is 9.97 Å². The molecule has 0 unspecified atom stereocenters. The van der Waals surface area contributed by atoms with Crippen LogP contribution < -0.4 is 15.4 Å². The van der Waals surface area contributed by atoms with Crippen molar-refractivity contribution >= 4 is 17.5 Å². The number of hydrogen-bond acceptors (Lipinski definition) is 5. The molecule has 5 nitrogen and oxygen atoms in total. The van der Waals surface area contributed by atoms with E-state index in [1.165, 1.54) is 0 Å². The molecule has 1 heterocycles. The third kappa shape index (κ3) is 3.63. The largest absolute Gasteiger partial charge is 0.495 e. The molecule has 0 bridgehead atoms. The molecule has 2 aromatic carbocycles. The van der Waals surface area contributed by atoms with E-state index in [2.05, 4.69) is 20.6 Å². The van der Waals surface area contributed by atoms with E-state index in [1.54, 1.807) is 7.11 Å². The van der Waals surface area contributed by atoms with Gasteiger partial charge < -0.3 is 15.4 Å². The normalized spacial score (nSPS) is 10.2. The first-order valence-corrected chi connectivity index (χ1v) is 7.88. The minimum absolute atomic E-state index is 0.594. The zero-order chi connectivity index (χ0) is 16.8.